The second-order valence-corrected chi connectivity index (χ2v) is 3.70. The van der Waals surface area contributed by atoms with Gasteiger partial charge in [-0.3, -0.25) is 0 Å². The van der Waals surface area contributed by atoms with Gasteiger partial charge in [0.1, 0.15) is 5.50 Å². The van der Waals surface area contributed by atoms with E-state index in [-0.39, 0.29) is 5.50 Å². The quantitative estimate of drug-likeness (QED) is 0.549. The van der Waals surface area contributed by atoms with Crippen LogP contribution >= 0.6 is 11.8 Å². The van der Waals surface area contributed by atoms with E-state index >= 15 is 0 Å². The Kier molecular flexibility index (Phi) is 1.47. The van der Waals surface area contributed by atoms with E-state index in [2.05, 4.69) is 17.5 Å². The monoisotopic (exact) mass is 154 g/mol. The first kappa shape index (κ1) is 6.31. The Labute approximate surface area is 64.6 Å². The van der Waals surface area contributed by atoms with E-state index in [0.29, 0.717) is 0 Å². The number of hydrogen-bond donors (Lipinski definition) is 2. The van der Waals surface area contributed by atoms with Crippen molar-refractivity contribution >= 4 is 11.8 Å². The van der Waals surface area contributed by atoms with Crippen molar-refractivity contribution in [3.63, 3.8) is 0 Å². The molecule has 0 amide bonds. The Morgan fingerprint density at radius 1 is 1.70 bits per heavy atom. The second-order valence-electron chi connectivity index (χ2n) is 2.46. The van der Waals surface area contributed by atoms with Gasteiger partial charge in [-0.05, 0) is 18.9 Å². The van der Waals surface area contributed by atoms with Crippen LogP contribution in [0.3, 0.4) is 0 Å². The van der Waals surface area contributed by atoms with Crippen molar-refractivity contribution in [1.29, 1.82) is 0 Å². The van der Waals surface area contributed by atoms with Gasteiger partial charge in [0.05, 0.1) is 0 Å². The summed E-state index contributed by atoms with van der Waals surface area (Å²) in [6, 6.07) is 0. The topological polar surface area (TPSA) is 38.0 Å². The maximum Gasteiger partial charge on any atom is 0.127 e. The minimum Gasteiger partial charge on any atom is -0.361 e. The highest BCUT2D eigenvalue weighted by molar-refractivity contribution is 8.03. The van der Waals surface area contributed by atoms with Gasteiger partial charge in [0.2, 0.25) is 0 Å². The van der Waals surface area contributed by atoms with Gasteiger partial charge in [-0.25, -0.2) is 0 Å². The van der Waals surface area contributed by atoms with E-state index in [1.807, 2.05) is 0 Å². The summed E-state index contributed by atoms with van der Waals surface area (Å²) in [4.78, 5) is 1.43. The zero-order valence-electron chi connectivity index (χ0n) is 5.63. The standard InChI is InChI=1S/C7H10N2S/c8-7-9-5-3-1-2-4-6(5)10-7/h1,3,7,9H,2,4,8H2. The molecule has 1 aliphatic carbocycles. The molecule has 1 atom stereocenters. The van der Waals surface area contributed by atoms with Crippen LogP contribution < -0.4 is 11.1 Å². The van der Waals surface area contributed by atoms with E-state index < -0.39 is 0 Å². The number of rotatable bonds is 0. The molecule has 0 aromatic rings. The van der Waals surface area contributed by atoms with E-state index in [1.165, 1.54) is 17.0 Å². The van der Waals surface area contributed by atoms with Crippen LogP contribution in [0, 0.1) is 0 Å². The van der Waals surface area contributed by atoms with Crippen LogP contribution in [0.15, 0.2) is 22.8 Å². The van der Waals surface area contributed by atoms with Crippen molar-refractivity contribution in [2.75, 3.05) is 0 Å². The molecule has 0 saturated carbocycles. The Hall–Kier alpha value is -0.410. The van der Waals surface area contributed by atoms with Crippen LogP contribution in [0.2, 0.25) is 0 Å². The van der Waals surface area contributed by atoms with Crippen molar-refractivity contribution in [3.05, 3.63) is 22.8 Å². The molecule has 1 unspecified atom stereocenters. The van der Waals surface area contributed by atoms with Gasteiger partial charge in [-0.15, -0.1) is 0 Å². The van der Waals surface area contributed by atoms with Gasteiger partial charge in [0.25, 0.3) is 0 Å². The molecule has 1 heterocycles. The first-order chi connectivity index (χ1) is 4.86. The Balaban J connectivity index is 2.21. The highest BCUT2D eigenvalue weighted by Crippen LogP contribution is 2.34. The predicted octanol–water partition coefficient (Wildman–Crippen LogP) is 1.13. The van der Waals surface area contributed by atoms with E-state index in [1.54, 1.807) is 11.8 Å². The summed E-state index contributed by atoms with van der Waals surface area (Å²) in [6.07, 6.45) is 6.64. The minimum absolute atomic E-state index is 0.0905. The third-order valence-electron chi connectivity index (χ3n) is 1.69. The van der Waals surface area contributed by atoms with Crippen molar-refractivity contribution in [3.8, 4) is 0 Å². The summed E-state index contributed by atoms with van der Waals surface area (Å²) < 4.78 is 0. The molecule has 0 saturated heterocycles. The zero-order chi connectivity index (χ0) is 6.97. The molecule has 1 aliphatic heterocycles. The number of nitrogens with two attached hydrogens (primary N) is 1. The summed E-state index contributed by atoms with van der Waals surface area (Å²) in [7, 11) is 0. The lowest BCUT2D eigenvalue weighted by Crippen LogP contribution is -2.28. The first-order valence-corrected chi connectivity index (χ1v) is 4.33. The fourth-order valence-electron chi connectivity index (χ4n) is 1.23. The SMILES string of the molecule is NC1NC2=C(CCC=C2)S1. The average molecular weight is 154 g/mol. The Bertz CT molecular complexity index is 208. The van der Waals surface area contributed by atoms with Crippen LogP contribution in [0.4, 0.5) is 0 Å². The molecule has 0 radical (unpaired) electrons. The molecule has 3 N–H and O–H groups in total. The van der Waals surface area contributed by atoms with Crippen LogP contribution in [0.1, 0.15) is 12.8 Å². The van der Waals surface area contributed by atoms with Gasteiger partial charge in [-0.1, -0.05) is 17.8 Å². The molecule has 0 bridgehead atoms. The Morgan fingerprint density at radius 3 is 3.40 bits per heavy atom. The molecule has 0 spiro atoms. The average Bonchev–Trinajstić information content (AvgIpc) is 2.27. The number of hydrogen-bond acceptors (Lipinski definition) is 3. The smallest absolute Gasteiger partial charge is 0.127 e. The molecule has 0 fully saturated rings. The number of nitrogens with one attached hydrogen (secondary N) is 1. The third-order valence-corrected chi connectivity index (χ3v) is 2.77. The summed E-state index contributed by atoms with van der Waals surface area (Å²) >= 11 is 1.74. The van der Waals surface area contributed by atoms with Crippen LogP contribution in [-0.4, -0.2) is 5.50 Å². The maximum absolute atomic E-state index is 5.67. The summed E-state index contributed by atoms with van der Waals surface area (Å²) in [5.41, 5.74) is 7.00. The molecule has 54 valence electrons. The largest absolute Gasteiger partial charge is 0.361 e. The fraction of sp³-hybridized carbons (Fsp3) is 0.429. The number of thioether (sulfide) groups is 1. The van der Waals surface area contributed by atoms with Gasteiger partial charge >= 0.3 is 0 Å². The first-order valence-electron chi connectivity index (χ1n) is 3.45. The molecule has 0 aromatic carbocycles. The van der Waals surface area contributed by atoms with Gasteiger partial charge in [0, 0.05) is 10.6 Å². The van der Waals surface area contributed by atoms with Gasteiger partial charge in [-0.2, -0.15) is 0 Å². The molecule has 0 aromatic heterocycles. The maximum atomic E-state index is 5.67. The lowest BCUT2D eigenvalue weighted by molar-refractivity contribution is 0.798. The van der Waals surface area contributed by atoms with E-state index in [4.69, 9.17) is 5.73 Å². The molecular weight excluding hydrogens is 144 g/mol. The van der Waals surface area contributed by atoms with E-state index in [0.717, 1.165) is 6.42 Å². The molecule has 3 heteroatoms. The summed E-state index contributed by atoms with van der Waals surface area (Å²) in [6.45, 7) is 0. The minimum atomic E-state index is 0.0905. The third kappa shape index (κ3) is 0.954. The van der Waals surface area contributed by atoms with Crippen LogP contribution in [0.25, 0.3) is 0 Å². The highest BCUT2D eigenvalue weighted by Gasteiger charge is 2.20. The molecule has 10 heavy (non-hydrogen) atoms. The van der Waals surface area contributed by atoms with Gasteiger partial charge in [0.15, 0.2) is 0 Å². The second kappa shape index (κ2) is 2.32. The molecule has 2 rings (SSSR count). The molecular formula is C7H10N2S. The lowest BCUT2D eigenvalue weighted by Gasteiger charge is -2.04. The molecule has 2 nitrogen and oxygen atoms in total. The lowest BCUT2D eigenvalue weighted by atomic mass is 10.1. The predicted molar refractivity (Wildman–Crippen MR) is 44.1 cm³/mol. The summed E-state index contributed by atoms with van der Waals surface area (Å²) in [5.74, 6) is 0. The number of allylic oxidation sites excluding steroid dienone is 3. The van der Waals surface area contributed by atoms with E-state index in [9.17, 15) is 0 Å². The fourth-order valence-corrected chi connectivity index (χ4v) is 2.21. The normalized spacial score (nSPS) is 30.3. The zero-order valence-corrected chi connectivity index (χ0v) is 6.45. The van der Waals surface area contributed by atoms with Crippen LogP contribution in [0.5, 0.6) is 0 Å². The van der Waals surface area contributed by atoms with Crippen LogP contribution in [-0.2, 0) is 0 Å². The van der Waals surface area contributed by atoms with Crippen molar-refractivity contribution in [1.82, 2.24) is 5.32 Å². The summed E-state index contributed by atoms with van der Waals surface area (Å²) in [5, 5.41) is 3.19. The molecule has 2 aliphatic rings. The van der Waals surface area contributed by atoms with Crippen molar-refractivity contribution in [2.45, 2.75) is 18.3 Å². The highest BCUT2D eigenvalue weighted by atomic mass is 32.2. The van der Waals surface area contributed by atoms with Crippen molar-refractivity contribution < 1.29 is 0 Å². The van der Waals surface area contributed by atoms with Gasteiger partial charge < -0.3 is 11.1 Å². The Morgan fingerprint density at radius 2 is 2.60 bits per heavy atom. The van der Waals surface area contributed by atoms with Crippen molar-refractivity contribution in [2.24, 2.45) is 5.73 Å².